The minimum absolute atomic E-state index is 0.0770. The molecule has 1 aromatic rings. The second-order valence-corrected chi connectivity index (χ2v) is 10.7. The smallest absolute Gasteiger partial charge is 0.243 e. The molecule has 0 radical (unpaired) electrons. The molecule has 2 aliphatic heterocycles. The van der Waals surface area contributed by atoms with Gasteiger partial charge in [0, 0.05) is 31.4 Å². The van der Waals surface area contributed by atoms with E-state index < -0.39 is 10.0 Å². The molecule has 29 heavy (non-hydrogen) atoms. The number of hydrogen-bond donors (Lipinski definition) is 1. The van der Waals surface area contributed by atoms with Crippen LogP contribution in [0.4, 0.5) is 5.69 Å². The number of hydrogen-bond acceptors (Lipinski definition) is 4. The number of amides is 1. The molecule has 1 N–H and O–H groups in total. The van der Waals surface area contributed by atoms with Gasteiger partial charge in [-0.05, 0) is 61.8 Å². The molecule has 2 unspecified atom stereocenters. The van der Waals surface area contributed by atoms with E-state index >= 15 is 0 Å². The van der Waals surface area contributed by atoms with Gasteiger partial charge in [-0.2, -0.15) is 4.31 Å². The van der Waals surface area contributed by atoms with E-state index in [0.29, 0.717) is 49.5 Å². The first kappa shape index (κ1) is 20.8. The summed E-state index contributed by atoms with van der Waals surface area (Å²) in [6.07, 6.45) is 8.56. The predicted octanol–water partition coefficient (Wildman–Crippen LogP) is 2.92. The number of carbonyl (C=O) groups excluding carboxylic acids is 1. The second-order valence-electron chi connectivity index (χ2n) is 8.80. The van der Waals surface area contributed by atoms with E-state index in [4.69, 9.17) is 0 Å². The summed E-state index contributed by atoms with van der Waals surface area (Å²) in [7, 11) is -3.43. The molecule has 2 heterocycles. The highest BCUT2D eigenvalue weighted by Gasteiger charge is 2.30. The van der Waals surface area contributed by atoms with Gasteiger partial charge in [-0.1, -0.05) is 26.2 Å². The van der Waals surface area contributed by atoms with Gasteiger partial charge in [-0.3, -0.25) is 4.79 Å². The Balaban J connectivity index is 1.43. The molecule has 1 saturated carbocycles. The molecule has 7 heteroatoms. The lowest BCUT2D eigenvalue weighted by Gasteiger charge is -2.30. The van der Waals surface area contributed by atoms with Crippen molar-refractivity contribution in [1.29, 1.82) is 0 Å². The quantitative estimate of drug-likeness (QED) is 0.797. The number of nitrogens with one attached hydrogen (secondary N) is 1. The van der Waals surface area contributed by atoms with Gasteiger partial charge in [0.25, 0.3) is 0 Å². The lowest BCUT2D eigenvalue weighted by Crippen LogP contribution is -2.44. The van der Waals surface area contributed by atoms with E-state index in [9.17, 15) is 13.2 Å². The molecule has 2 atom stereocenters. The van der Waals surface area contributed by atoms with E-state index in [0.717, 1.165) is 36.9 Å². The molecule has 0 bridgehead atoms. The first-order chi connectivity index (χ1) is 14.0. The number of nitrogens with zero attached hydrogens (tertiary/aromatic N) is 2. The minimum atomic E-state index is -3.43. The highest BCUT2D eigenvalue weighted by molar-refractivity contribution is 7.89. The fraction of sp³-hybridized carbons (Fsp3) is 0.682. The number of piperidine rings is 1. The van der Waals surface area contributed by atoms with Crippen LogP contribution in [0.15, 0.2) is 23.1 Å². The molecular formula is C22H33N3O3S. The lowest BCUT2D eigenvalue weighted by atomic mass is 9.86. The lowest BCUT2D eigenvalue weighted by molar-refractivity contribution is -0.117. The summed E-state index contributed by atoms with van der Waals surface area (Å²) < 4.78 is 27.5. The Bertz CT molecular complexity index is 849. The van der Waals surface area contributed by atoms with Crippen LogP contribution in [0.1, 0.15) is 57.4 Å². The normalized spacial score (nSPS) is 25.8. The van der Waals surface area contributed by atoms with E-state index in [1.54, 1.807) is 16.4 Å². The van der Waals surface area contributed by atoms with Crippen LogP contribution >= 0.6 is 0 Å². The van der Waals surface area contributed by atoms with E-state index in [1.807, 2.05) is 11.0 Å². The number of benzene rings is 1. The predicted molar refractivity (Wildman–Crippen MR) is 115 cm³/mol. The van der Waals surface area contributed by atoms with Crippen molar-refractivity contribution in [2.24, 2.45) is 5.92 Å². The van der Waals surface area contributed by atoms with Gasteiger partial charge in [-0.15, -0.1) is 0 Å². The van der Waals surface area contributed by atoms with Crippen molar-refractivity contribution in [2.75, 3.05) is 31.1 Å². The van der Waals surface area contributed by atoms with Crippen LogP contribution in [0.25, 0.3) is 0 Å². The zero-order chi connectivity index (χ0) is 20.4. The maximum Gasteiger partial charge on any atom is 0.243 e. The highest BCUT2D eigenvalue weighted by Crippen LogP contribution is 2.32. The van der Waals surface area contributed by atoms with Crippen molar-refractivity contribution < 1.29 is 13.2 Å². The van der Waals surface area contributed by atoms with Crippen molar-refractivity contribution in [1.82, 2.24) is 9.62 Å². The van der Waals surface area contributed by atoms with Crippen molar-refractivity contribution in [3.8, 4) is 0 Å². The molecule has 1 amide bonds. The van der Waals surface area contributed by atoms with Crippen molar-refractivity contribution in [3.05, 3.63) is 23.8 Å². The van der Waals surface area contributed by atoms with Crippen LogP contribution in [0.2, 0.25) is 0 Å². The third-order valence-electron chi connectivity index (χ3n) is 6.83. The zero-order valence-corrected chi connectivity index (χ0v) is 18.2. The van der Waals surface area contributed by atoms with Gasteiger partial charge < -0.3 is 10.2 Å². The summed E-state index contributed by atoms with van der Waals surface area (Å²) in [6, 6.07) is 5.70. The Hall–Kier alpha value is -1.44. The molecule has 160 valence electrons. The molecule has 1 aliphatic carbocycles. The molecule has 0 aromatic heterocycles. The number of rotatable bonds is 5. The molecular weight excluding hydrogens is 386 g/mol. The van der Waals surface area contributed by atoms with Gasteiger partial charge in [0.1, 0.15) is 0 Å². The standard InChI is InChI=1S/C22H33N3O3S/c1-17-7-3-4-8-20(17)23-16-22(26)25-14-11-18-15-19(9-10-21(18)25)29(27,28)24-12-5-2-6-13-24/h9-10,15,17,20,23H,2-8,11-14,16H2,1H3. The fourth-order valence-corrected chi connectivity index (χ4v) is 6.55. The first-order valence-electron chi connectivity index (χ1n) is 11.1. The average Bonchev–Trinajstić information content (AvgIpc) is 3.17. The Labute approximate surface area is 174 Å². The highest BCUT2D eigenvalue weighted by atomic mass is 32.2. The van der Waals surface area contributed by atoms with Gasteiger partial charge in [0.05, 0.1) is 11.4 Å². The third kappa shape index (κ3) is 4.37. The first-order valence-corrected chi connectivity index (χ1v) is 12.6. The maximum absolute atomic E-state index is 12.9. The van der Waals surface area contributed by atoms with Crippen LogP contribution in [0.3, 0.4) is 0 Å². The Morgan fingerprint density at radius 1 is 1.07 bits per heavy atom. The van der Waals surface area contributed by atoms with Gasteiger partial charge in [-0.25, -0.2) is 8.42 Å². The summed E-state index contributed by atoms with van der Waals surface area (Å²) >= 11 is 0. The van der Waals surface area contributed by atoms with E-state index in [2.05, 4.69) is 12.2 Å². The zero-order valence-electron chi connectivity index (χ0n) is 17.4. The molecule has 4 rings (SSSR count). The van der Waals surface area contributed by atoms with Crippen LogP contribution in [0.5, 0.6) is 0 Å². The second kappa shape index (κ2) is 8.74. The van der Waals surface area contributed by atoms with Gasteiger partial charge in [0.2, 0.25) is 15.9 Å². The van der Waals surface area contributed by atoms with Gasteiger partial charge in [0.15, 0.2) is 0 Å². The number of carbonyl (C=O) groups is 1. The molecule has 3 aliphatic rings. The number of anilines is 1. The molecule has 1 aromatic carbocycles. The Kier molecular flexibility index (Phi) is 6.27. The summed E-state index contributed by atoms with van der Waals surface area (Å²) in [4.78, 5) is 15.0. The Morgan fingerprint density at radius 3 is 2.59 bits per heavy atom. The molecule has 0 spiro atoms. The monoisotopic (exact) mass is 419 g/mol. The summed E-state index contributed by atoms with van der Waals surface area (Å²) in [5, 5.41) is 3.46. The summed E-state index contributed by atoms with van der Waals surface area (Å²) in [5.41, 5.74) is 1.83. The Morgan fingerprint density at radius 2 is 1.83 bits per heavy atom. The van der Waals surface area contributed by atoms with E-state index in [-0.39, 0.29) is 5.91 Å². The van der Waals surface area contributed by atoms with E-state index in [1.165, 1.54) is 19.3 Å². The van der Waals surface area contributed by atoms with Crippen molar-refractivity contribution in [3.63, 3.8) is 0 Å². The maximum atomic E-state index is 12.9. The molecule has 2 fully saturated rings. The van der Waals surface area contributed by atoms with Crippen LogP contribution < -0.4 is 10.2 Å². The SMILES string of the molecule is CC1CCCCC1NCC(=O)N1CCc2cc(S(=O)(=O)N3CCCCC3)ccc21. The summed E-state index contributed by atoms with van der Waals surface area (Å²) in [5.74, 6) is 0.693. The molecule has 1 saturated heterocycles. The fourth-order valence-electron chi connectivity index (χ4n) is 4.99. The minimum Gasteiger partial charge on any atom is -0.311 e. The topological polar surface area (TPSA) is 69.7 Å². The van der Waals surface area contributed by atoms with Crippen molar-refractivity contribution >= 4 is 21.6 Å². The third-order valence-corrected chi connectivity index (χ3v) is 8.72. The largest absolute Gasteiger partial charge is 0.311 e. The van der Waals surface area contributed by atoms with Crippen LogP contribution in [0, 0.1) is 5.92 Å². The number of fused-ring (bicyclic) bond motifs is 1. The van der Waals surface area contributed by atoms with Crippen molar-refractivity contribution in [2.45, 2.75) is 69.2 Å². The van der Waals surface area contributed by atoms with Crippen LogP contribution in [-0.4, -0.2) is 50.9 Å². The number of sulfonamides is 1. The average molecular weight is 420 g/mol. The molecule has 6 nitrogen and oxygen atoms in total. The summed E-state index contributed by atoms with van der Waals surface area (Å²) in [6.45, 7) is 4.45. The van der Waals surface area contributed by atoms with Crippen LogP contribution in [-0.2, 0) is 21.2 Å². The van der Waals surface area contributed by atoms with Gasteiger partial charge >= 0.3 is 0 Å².